The summed E-state index contributed by atoms with van der Waals surface area (Å²) in [5.74, 6) is -3.24. The molecular weight excluding hydrogens is 448 g/mol. The minimum Gasteiger partial charge on any atom is -0.352 e. The van der Waals surface area contributed by atoms with Gasteiger partial charge in [-0.3, -0.25) is 19.3 Å². The molecule has 2 aliphatic rings. The molecule has 0 spiro atoms. The van der Waals surface area contributed by atoms with Crippen molar-refractivity contribution in [2.75, 3.05) is 18.0 Å². The van der Waals surface area contributed by atoms with Crippen LogP contribution in [0, 0.1) is 5.92 Å². The van der Waals surface area contributed by atoms with Crippen LogP contribution in [0.1, 0.15) is 24.8 Å². The SMILES string of the molecule is O=C(NCc1ccccc1)C1CCN(C2CC(=O)N(c3ccc(SC(F)F)cc3)C2=O)CC1. The standard InChI is InChI=1S/C24H25F2N3O3S/c25-24(26)33-19-8-6-18(7-9-19)29-21(30)14-20(23(29)32)28-12-10-17(11-13-28)22(31)27-15-16-4-2-1-3-5-16/h1-9,17,20,24H,10-15H2,(H,27,31). The van der Waals surface area contributed by atoms with Gasteiger partial charge in [-0.05, 0) is 55.8 Å². The molecule has 2 saturated heterocycles. The van der Waals surface area contributed by atoms with E-state index in [1.165, 1.54) is 24.3 Å². The summed E-state index contributed by atoms with van der Waals surface area (Å²) in [6, 6.07) is 15.2. The number of carbonyl (C=O) groups excluding carboxylic acids is 3. The van der Waals surface area contributed by atoms with Crippen LogP contribution in [0.4, 0.5) is 14.5 Å². The lowest BCUT2D eigenvalue weighted by molar-refractivity contribution is -0.127. The number of benzene rings is 2. The molecule has 6 nitrogen and oxygen atoms in total. The maximum Gasteiger partial charge on any atom is 0.288 e. The number of piperidine rings is 1. The molecule has 174 valence electrons. The molecule has 2 fully saturated rings. The highest BCUT2D eigenvalue weighted by Crippen LogP contribution is 2.31. The first kappa shape index (κ1) is 23.4. The van der Waals surface area contributed by atoms with Crippen molar-refractivity contribution in [1.82, 2.24) is 10.2 Å². The summed E-state index contributed by atoms with van der Waals surface area (Å²) in [5.41, 5.74) is 1.43. The van der Waals surface area contributed by atoms with Crippen LogP contribution >= 0.6 is 11.8 Å². The summed E-state index contributed by atoms with van der Waals surface area (Å²) in [4.78, 5) is 41.6. The van der Waals surface area contributed by atoms with Crippen LogP contribution in [0.15, 0.2) is 59.5 Å². The number of imide groups is 1. The van der Waals surface area contributed by atoms with Crippen molar-refractivity contribution >= 4 is 35.2 Å². The van der Waals surface area contributed by atoms with Crippen molar-refractivity contribution in [2.45, 2.75) is 42.5 Å². The zero-order chi connectivity index (χ0) is 23.4. The van der Waals surface area contributed by atoms with E-state index in [2.05, 4.69) is 5.32 Å². The number of likely N-dealkylation sites (tertiary alicyclic amines) is 1. The smallest absolute Gasteiger partial charge is 0.288 e. The molecule has 0 aliphatic carbocycles. The lowest BCUT2D eigenvalue weighted by Gasteiger charge is -2.34. The second-order valence-electron chi connectivity index (χ2n) is 8.17. The van der Waals surface area contributed by atoms with Crippen LogP contribution in [-0.2, 0) is 20.9 Å². The zero-order valence-electron chi connectivity index (χ0n) is 18.0. The predicted octanol–water partition coefficient (Wildman–Crippen LogP) is 3.66. The van der Waals surface area contributed by atoms with E-state index in [1.807, 2.05) is 35.2 Å². The van der Waals surface area contributed by atoms with E-state index in [0.29, 0.717) is 54.8 Å². The highest BCUT2D eigenvalue weighted by atomic mass is 32.2. The molecule has 0 radical (unpaired) electrons. The molecule has 2 aromatic carbocycles. The van der Waals surface area contributed by atoms with Gasteiger partial charge in [0.1, 0.15) is 0 Å². The topological polar surface area (TPSA) is 69.7 Å². The van der Waals surface area contributed by atoms with Crippen molar-refractivity contribution in [2.24, 2.45) is 5.92 Å². The molecule has 1 N–H and O–H groups in total. The molecule has 0 aromatic heterocycles. The molecule has 2 aliphatic heterocycles. The van der Waals surface area contributed by atoms with Crippen LogP contribution in [0.5, 0.6) is 0 Å². The highest BCUT2D eigenvalue weighted by molar-refractivity contribution is 7.99. The van der Waals surface area contributed by atoms with Gasteiger partial charge >= 0.3 is 0 Å². The number of rotatable bonds is 7. The fourth-order valence-corrected chi connectivity index (χ4v) is 4.85. The van der Waals surface area contributed by atoms with Crippen LogP contribution in [0.25, 0.3) is 0 Å². The number of anilines is 1. The van der Waals surface area contributed by atoms with Gasteiger partial charge in [-0.15, -0.1) is 0 Å². The summed E-state index contributed by atoms with van der Waals surface area (Å²) in [6.07, 6.45) is 1.33. The van der Waals surface area contributed by atoms with Gasteiger partial charge in [0.05, 0.1) is 18.2 Å². The molecule has 4 rings (SSSR count). The first-order valence-corrected chi connectivity index (χ1v) is 11.8. The van der Waals surface area contributed by atoms with E-state index in [4.69, 9.17) is 0 Å². The number of hydrogen-bond acceptors (Lipinski definition) is 5. The summed E-state index contributed by atoms with van der Waals surface area (Å²) in [7, 11) is 0. The normalized spacial score (nSPS) is 20.0. The van der Waals surface area contributed by atoms with Gasteiger partial charge in [-0.1, -0.05) is 42.1 Å². The maximum atomic E-state index is 13.0. The lowest BCUT2D eigenvalue weighted by atomic mass is 9.94. The van der Waals surface area contributed by atoms with E-state index >= 15 is 0 Å². The number of hydrogen-bond donors (Lipinski definition) is 1. The number of thioether (sulfide) groups is 1. The molecule has 0 bridgehead atoms. The van der Waals surface area contributed by atoms with E-state index in [0.717, 1.165) is 10.5 Å². The number of alkyl halides is 2. The number of amides is 3. The first-order valence-electron chi connectivity index (χ1n) is 10.9. The number of carbonyl (C=O) groups is 3. The summed E-state index contributed by atoms with van der Waals surface area (Å²) in [6.45, 7) is 1.61. The summed E-state index contributed by atoms with van der Waals surface area (Å²) < 4.78 is 25.0. The molecular formula is C24H25F2N3O3S. The fourth-order valence-electron chi connectivity index (χ4n) is 4.35. The van der Waals surface area contributed by atoms with Gasteiger partial charge in [0, 0.05) is 17.4 Å². The third kappa shape index (κ3) is 5.59. The lowest BCUT2D eigenvalue weighted by Crippen LogP contribution is -2.48. The Kier molecular flexibility index (Phi) is 7.39. The third-order valence-electron chi connectivity index (χ3n) is 6.09. The monoisotopic (exact) mass is 473 g/mol. The first-order chi connectivity index (χ1) is 15.9. The summed E-state index contributed by atoms with van der Waals surface area (Å²) in [5, 5.41) is 2.98. The van der Waals surface area contributed by atoms with Gasteiger partial charge in [0.15, 0.2) is 0 Å². The van der Waals surface area contributed by atoms with Crippen molar-refractivity contribution < 1.29 is 23.2 Å². The fraction of sp³-hybridized carbons (Fsp3) is 0.375. The van der Waals surface area contributed by atoms with Crippen molar-refractivity contribution in [1.29, 1.82) is 0 Å². The minimum atomic E-state index is -2.53. The Morgan fingerprint density at radius 2 is 1.70 bits per heavy atom. The Hall–Kier alpha value is -2.78. The Morgan fingerprint density at radius 1 is 1.03 bits per heavy atom. The second kappa shape index (κ2) is 10.4. The quantitative estimate of drug-likeness (QED) is 0.491. The van der Waals surface area contributed by atoms with Gasteiger partial charge in [0.25, 0.3) is 11.7 Å². The zero-order valence-corrected chi connectivity index (χ0v) is 18.8. The molecule has 0 saturated carbocycles. The molecule has 2 heterocycles. The Morgan fingerprint density at radius 3 is 2.33 bits per heavy atom. The van der Waals surface area contributed by atoms with Crippen molar-refractivity contribution in [3.8, 4) is 0 Å². The van der Waals surface area contributed by atoms with E-state index in [9.17, 15) is 23.2 Å². The Labute approximate surface area is 195 Å². The van der Waals surface area contributed by atoms with Crippen LogP contribution in [0.3, 0.4) is 0 Å². The van der Waals surface area contributed by atoms with Crippen LogP contribution in [0.2, 0.25) is 0 Å². The van der Waals surface area contributed by atoms with Crippen LogP contribution in [-0.4, -0.2) is 47.5 Å². The molecule has 33 heavy (non-hydrogen) atoms. The Balaban J connectivity index is 1.31. The molecule has 1 unspecified atom stereocenters. The minimum absolute atomic E-state index is 0.00992. The molecule has 1 atom stereocenters. The summed E-state index contributed by atoms with van der Waals surface area (Å²) >= 11 is 0.416. The van der Waals surface area contributed by atoms with E-state index in [-0.39, 0.29) is 30.1 Å². The largest absolute Gasteiger partial charge is 0.352 e. The Bertz CT molecular complexity index is 996. The molecule has 2 aromatic rings. The van der Waals surface area contributed by atoms with Gasteiger partial charge < -0.3 is 5.32 Å². The van der Waals surface area contributed by atoms with Crippen LogP contribution < -0.4 is 10.2 Å². The third-order valence-corrected chi connectivity index (χ3v) is 6.82. The van der Waals surface area contributed by atoms with Gasteiger partial charge in [0.2, 0.25) is 11.8 Å². The van der Waals surface area contributed by atoms with E-state index in [1.54, 1.807) is 0 Å². The van der Waals surface area contributed by atoms with Gasteiger partial charge in [-0.25, -0.2) is 4.90 Å². The number of nitrogens with zero attached hydrogens (tertiary/aromatic N) is 2. The average Bonchev–Trinajstić information content (AvgIpc) is 3.12. The highest BCUT2D eigenvalue weighted by Gasteiger charge is 2.43. The van der Waals surface area contributed by atoms with E-state index < -0.39 is 11.8 Å². The van der Waals surface area contributed by atoms with Crippen molar-refractivity contribution in [3.63, 3.8) is 0 Å². The second-order valence-corrected chi connectivity index (χ2v) is 9.24. The predicted molar refractivity (Wildman–Crippen MR) is 122 cm³/mol. The van der Waals surface area contributed by atoms with Crippen molar-refractivity contribution in [3.05, 3.63) is 60.2 Å². The number of nitrogens with one attached hydrogen (secondary N) is 1. The van der Waals surface area contributed by atoms with Gasteiger partial charge in [-0.2, -0.15) is 8.78 Å². The average molecular weight is 474 g/mol. The molecule has 9 heteroatoms. The maximum absolute atomic E-state index is 13.0. The number of halogens is 2. The molecule has 3 amide bonds.